The van der Waals surface area contributed by atoms with Gasteiger partial charge in [0.1, 0.15) is 11.3 Å². The van der Waals surface area contributed by atoms with Crippen LogP contribution in [0.5, 0.6) is 5.75 Å². The van der Waals surface area contributed by atoms with Gasteiger partial charge in [-0.15, -0.1) is 0 Å². The van der Waals surface area contributed by atoms with Gasteiger partial charge < -0.3 is 9.15 Å². The summed E-state index contributed by atoms with van der Waals surface area (Å²) in [4.78, 5) is 12.3. The van der Waals surface area contributed by atoms with E-state index in [1.54, 1.807) is 19.4 Å². The number of para-hydroxylation sites is 1. The van der Waals surface area contributed by atoms with Crippen LogP contribution in [0.2, 0.25) is 0 Å². The van der Waals surface area contributed by atoms with Gasteiger partial charge >= 0.3 is 5.91 Å². The van der Waals surface area contributed by atoms with Gasteiger partial charge in [-0.1, -0.05) is 48.5 Å². The maximum absolute atomic E-state index is 12.3. The molecule has 0 aliphatic rings. The van der Waals surface area contributed by atoms with Crippen molar-refractivity contribution in [3.05, 3.63) is 101 Å². The maximum Gasteiger partial charge on any atom is 0.307 e. The first-order valence-electron chi connectivity index (χ1n) is 9.26. The summed E-state index contributed by atoms with van der Waals surface area (Å²) in [7, 11) is 1.66. The third kappa shape index (κ3) is 4.35. The Kier molecular flexibility index (Phi) is 5.38. The Balaban J connectivity index is 1.47. The molecule has 0 bridgehead atoms. The van der Waals surface area contributed by atoms with Gasteiger partial charge in [0.05, 0.1) is 13.3 Å². The molecule has 29 heavy (non-hydrogen) atoms. The molecule has 0 spiro atoms. The van der Waals surface area contributed by atoms with Crippen LogP contribution in [-0.2, 0) is 6.42 Å². The van der Waals surface area contributed by atoms with Crippen molar-refractivity contribution in [2.45, 2.75) is 6.42 Å². The van der Waals surface area contributed by atoms with E-state index in [9.17, 15) is 4.79 Å². The molecular weight excluding hydrogens is 364 g/mol. The lowest BCUT2D eigenvalue weighted by Gasteiger charge is -2.09. The minimum absolute atomic E-state index is 0.225. The van der Waals surface area contributed by atoms with E-state index >= 15 is 0 Å². The molecule has 4 aromatic rings. The van der Waals surface area contributed by atoms with Crippen LogP contribution in [0.15, 0.2) is 88.4 Å². The van der Waals surface area contributed by atoms with Gasteiger partial charge in [-0.05, 0) is 47.0 Å². The second-order valence-electron chi connectivity index (χ2n) is 6.58. The van der Waals surface area contributed by atoms with Crippen molar-refractivity contribution in [1.82, 2.24) is 5.43 Å². The number of rotatable bonds is 6. The molecule has 1 N–H and O–H groups in total. The molecule has 0 aliphatic carbocycles. The van der Waals surface area contributed by atoms with E-state index in [0.29, 0.717) is 5.58 Å². The molecule has 0 aliphatic heterocycles. The summed E-state index contributed by atoms with van der Waals surface area (Å²) >= 11 is 0. The molecule has 3 aromatic carbocycles. The number of amides is 1. The minimum atomic E-state index is -0.393. The van der Waals surface area contributed by atoms with Crippen LogP contribution in [0, 0.1) is 0 Å². The predicted molar refractivity (Wildman–Crippen MR) is 114 cm³/mol. The van der Waals surface area contributed by atoms with Crippen molar-refractivity contribution in [2.24, 2.45) is 5.10 Å². The second-order valence-corrected chi connectivity index (χ2v) is 6.58. The molecule has 0 saturated carbocycles. The fourth-order valence-corrected chi connectivity index (χ4v) is 3.15. The first kappa shape index (κ1) is 18.5. The van der Waals surface area contributed by atoms with Gasteiger partial charge in [0, 0.05) is 11.8 Å². The van der Waals surface area contributed by atoms with Gasteiger partial charge in [0.25, 0.3) is 0 Å². The van der Waals surface area contributed by atoms with Gasteiger partial charge in [-0.3, -0.25) is 4.79 Å². The van der Waals surface area contributed by atoms with E-state index in [4.69, 9.17) is 9.15 Å². The van der Waals surface area contributed by atoms with Crippen LogP contribution in [0.3, 0.4) is 0 Å². The Hall–Kier alpha value is -3.86. The molecule has 4 rings (SSSR count). The number of carbonyl (C=O) groups excluding carboxylic acids is 1. The highest BCUT2D eigenvalue weighted by Crippen LogP contribution is 2.22. The SMILES string of the molecule is COc1ccc(/C=N/NC(=O)c2cc3ccccc3o2)cc1Cc1ccccc1. The standard InChI is InChI=1S/C24H20N2O3/c1-28-21-12-11-18(14-20(21)13-17-7-3-2-4-8-17)16-25-26-24(27)23-15-19-9-5-6-10-22(19)29-23/h2-12,14-16H,13H2,1H3,(H,26,27)/b25-16+. The fourth-order valence-electron chi connectivity index (χ4n) is 3.15. The summed E-state index contributed by atoms with van der Waals surface area (Å²) in [6, 6.07) is 25.2. The average Bonchev–Trinajstić information content (AvgIpc) is 3.19. The second kappa shape index (κ2) is 8.44. The highest BCUT2D eigenvalue weighted by atomic mass is 16.5. The number of furan rings is 1. The van der Waals surface area contributed by atoms with Crippen LogP contribution in [0.25, 0.3) is 11.0 Å². The van der Waals surface area contributed by atoms with Crippen LogP contribution in [-0.4, -0.2) is 19.2 Å². The van der Waals surface area contributed by atoms with Crippen LogP contribution in [0.4, 0.5) is 0 Å². The quantitative estimate of drug-likeness (QED) is 0.384. The first-order valence-corrected chi connectivity index (χ1v) is 9.26. The zero-order chi connectivity index (χ0) is 20.1. The number of benzene rings is 3. The normalized spacial score (nSPS) is 11.1. The lowest BCUT2D eigenvalue weighted by molar-refractivity contribution is 0.0929. The molecule has 0 atom stereocenters. The number of fused-ring (bicyclic) bond motifs is 1. The number of hydrogen-bond donors (Lipinski definition) is 1. The van der Waals surface area contributed by atoms with Gasteiger partial charge in [-0.2, -0.15) is 5.10 Å². The lowest BCUT2D eigenvalue weighted by atomic mass is 10.0. The van der Waals surface area contributed by atoms with Crippen molar-refractivity contribution in [2.75, 3.05) is 7.11 Å². The molecule has 1 aromatic heterocycles. The molecule has 5 heteroatoms. The summed E-state index contributed by atoms with van der Waals surface area (Å²) in [6.45, 7) is 0. The van der Waals surface area contributed by atoms with E-state index in [0.717, 1.165) is 28.7 Å². The highest BCUT2D eigenvalue weighted by molar-refractivity contribution is 5.96. The molecule has 0 fully saturated rings. The molecule has 144 valence electrons. The number of nitrogens with zero attached hydrogens (tertiary/aromatic N) is 1. The number of hydrogen-bond acceptors (Lipinski definition) is 4. The van der Waals surface area contributed by atoms with E-state index < -0.39 is 5.91 Å². The Morgan fingerprint density at radius 1 is 1.03 bits per heavy atom. The van der Waals surface area contributed by atoms with Gasteiger partial charge in [0.15, 0.2) is 5.76 Å². The van der Waals surface area contributed by atoms with E-state index in [1.807, 2.05) is 60.7 Å². The number of methoxy groups -OCH3 is 1. The van der Waals surface area contributed by atoms with Crippen molar-refractivity contribution in [1.29, 1.82) is 0 Å². The molecule has 1 heterocycles. The van der Waals surface area contributed by atoms with Crippen molar-refractivity contribution < 1.29 is 13.9 Å². The topological polar surface area (TPSA) is 63.8 Å². The summed E-state index contributed by atoms with van der Waals surface area (Å²) in [6.07, 6.45) is 2.35. The number of hydrazone groups is 1. The molecule has 1 amide bonds. The zero-order valence-corrected chi connectivity index (χ0v) is 16.0. The average molecular weight is 384 g/mol. The monoisotopic (exact) mass is 384 g/mol. The number of ether oxygens (including phenoxy) is 1. The van der Waals surface area contributed by atoms with E-state index in [2.05, 4.69) is 22.7 Å². The summed E-state index contributed by atoms with van der Waals surface area (Å²) in [5, 5.41) is 4.94. The molecule has 5 nitrogen and oxygen atoms in total. The Labute approximate surface area is 168 Å². The first-order chi connectivity index (χ1) is 14.2. The Morgan fingerprint density at radius 3 is 2.62 bits per heavy atom. The number of carbonyl (C=O) groups is 1. The van der Waals surface area contributed by atoms with Gasteiger partial charge in [0.2, 0.25) is 0 Å². The lowest BCUT2D eigenvalue weighted by Crippen LogP contribution is -2.16. The minimum Gasteiger partial charge on any atom is -0.496 e. The van der Waals surface area contributed by atoms with Gasteiger partial charge in [-0.25, -0.2) is 5.43 Å². The largest absolute Gasteiger partial charge is 0.496 e. The van der Waals surface area contributed by atoms with Crippen molar-refractivity contribution >= 4 is 23.1 Å². The van der Waals surface area contributed by atoms with Crippen molar-refractivity contribution in [3.63, 3.8) is 0 Å². The maximum atomic E-state index is 12.3. The summed E-state index contributed by atoms with van der Waals surface area (Å²) in [5.41, 5.74) is 6.28. The molecule has 0 saturated heterocycles. The Morgan fingerprint density at radius 2 is 1.83 bits per heavy atom. The fraction of sp³-hybridized carbons (Fsp3) is 0.0833. The summed E-state index contributed by atoms with van der Waals surface area (Å²) in [5.74, 6) is 0.649. The van der Waals surface area contributed by atoms with Crippen LogP contribution < -0.4 is 10.2 Å². The third-order valence-electron chi connectivity index (χ3n) is 4.57. The smallest absolute Gasteiger partial charge is 0.307 e. The summed E-state index contributed by atoms with van der Waals surface area (Å²) < 4.78 is 11.0. The van der Waals surface area contributed by atoms with E-state index in [-0.39, 0.29) is 5.76 Å². The Bertz CT molecular complexity index is 1130. The van der Waals surface area contributed by atoms with Crippen molar-refractivity contribution in [3.8, 4) is 5.75 Å². The van der Waals surface area contributed by atoms with Crippen LogP contribution in [0.1, 0.15) is 27.2 Å². The highest BCUT2D eigenvalue weighted by Gasteiger charge is 2.11. The molecule has 0 radical (unpaired) electrons. The van der Waals surface area contributed by atoms with E-state index in [1.165, 1.54) is 5.56 Å². The predicted octanol–water partition coefficient (Wildman–Crippen LogP) is 4.80. The third-order valence-corrected chi connectivity index (χ3v) is 4.57. The van der Waals surface area contributed by atoms with Crippen LogP contribution >= 0.6 is 0 Å². The zero-order valence-electron chi connectivity index (χ0n) is 16.0. The molecular formula is C24H20N2O3. The molecule has 0 unspecified atom stereocenters. The number of nitrogens with one attached hydrogen (secondary N) is 1.